The lowest BCUT2D eigenvalue weighted by Gasteiger charge is -2.09. The van der Waals surface area contributed by atoms with E-state index in [1.54, 1.807) is 0 Å². The molecule has 0 saturated heterocycles. The fourth-order valence-corrected chi connectivity index (χ4v) is 1.84. The molecule has 3 nitrogen and oxygen atoms in total. The number of nitrogens with one attached hydrogen (secondary N) is 1. The molecule has 0 aliphatic heterocycles. The van der Waals surface area contributed by atoms with Crippen LogP contribution in [0.5, 0.6) is 0 Å². The minimum Gasteiger partial charge on any atom is -0.379 e. The number of aryl methyl sites for hydroxylation is 1. The van der Waals surface area contributed by atoms with Crippen LogP contribution in [0.15, 0.2) is 23.6 Å². The van der Waals surface area contributed by atoms with Crippen LogP contribution in [-0.2, 0) is 6.54 Å². The van der Waals surface area contributed by atoms with Gasteiger partial charge in [0, 0.05) is 11.1 Å². The number of nitrogens with zero attached hydrogens (tertiary/aromatic N) is 2. The molecule has 0 fully saturated rings. The van der Waals surface area contributed by atoms with Crippen molar-refractivity contribution < 1.29 is 0 Å². The predicted octanol–water partition coefficient (Wildman–Crippen LogP) is 2.77. The maximum atomic E-state index is 3.99. The molecule has 1 N–H and O–H groups in total. The summed E-state index contributed by atoms with van der Waals surface area (Å²) in [5, 5.41) is 9.31. The monoisotopic (exact) mass is 219 g/mol. The van der Waals surface area contributed by atoms with Gasteiger partial charge in [0.25, 0.3) is 0 Å². The summed E-state index contributed by atoms with van der Waals surface area (Å²) in [6, 6.07) is 6.26. The highest BCUT2D eigenvalue weighted by Crippen LogP contribution is 2.18. The summed E-state index contributed by atoms with van der Waals surface area (Å²) >= 11 is 1.38. The predicted molar refractivity (Wildman–Crippen MR) is 63.2 cm³/mol. The summed E-state index contributed by atoms with van der Waals surface area (Å²) < 4.78 is 3.83. The summed E-state index contributed by atoms with van der Waals surface area (Å²) in [5.41, 5.74) is 4.75. The molecule has 0 spiro atoms. The molecule has 2 aromatic rings. The molecular formula is C11H13N3S. The van der Waals surface area contributed by atoms with Crippen molar-refractivity contribution in [3.63, 3.8) is 0 Å². The van der Waals surface area contributed by atoms with Crippen LogP contribution in [0.25, 0.3) is 0 Å². The molecule has 1 aromatic carbocycles. The molecule has 0 bridgehead atoms. The molecule has 0 saturated carbocycles. The molecule has 15 heavy (non-hydrogen) atoms. The SMILES string of the molecule is Cc1cccc(NCc2csnn2)c1C. The molecule has 0 atom stereocenters. The molecule has 0 unspecified atom stereocenters. The van der Waals surface area contributed by atoms with E-state index in [1.165, 1.54) is 28.3 Å². The Balaban J connectivity index is 2.08. The van der Waals surface area contributed by atoms with Crippen molar-refractivity contribution in [1.82, 2.24) is 9.59 Å². The van der Waals surface area contributed by atoms with Crippen molar-refractivity contribution >= 4 is 17.2 Å². The molecule has 0 aliphatic rings. The van der Waals surface area contributed by atoms with E-state index >= 15 is 0 Å². The minimum atomic E-state index is 0.737. The van der Waals surface area contributed by atoms with Gasteiger partial charge in [-0.1, -0.05) is 16.6 Å². The number of benzene rings is 1. The van der Waals surface area contributed by atoms with Crippen LogP contribution in [0.4, 0.5) is 5.69 Å². The molecule has 0 aliphatic carbocycles. The fourth-order valence-electron chi connectivity index (χ4n) is 1.39. The van der Waals surface area contributed by atoms with Gasteiger partial charge in [0.15, 0.2) is 0 Å². The summed E-state index contributed by atoms with van der Waals surface area (Å²) in [7, 11) is 0. The van der Waals surface area contributed by atoms with Crippen LogP contribution in [0, 0.1) is 13.8 Å². The molecule has 0 amide bonds. The topological polar surface area (TPSA) is 37.8 Å². The van der Waals surface area contributed by atoms with E-state index in [2.05, 4.69) is 47.0 Å². The maximum absolute atomic E-state index is 3.99. The van der Waals surface area contributed by atoms with E-state index in [-0.39, 0.29) is 0 Å². The van der Waals surface area contributed by atoms with Crippen molar-refractivity contribution in [3.8, 4) is 0 Å². The van der Waals surface area contributed by atoms with E-state index in [4.69, 9.17) is 0 Å². The maximum Gasteiger partial charge on any atom is 0.0946 e. The Morgan fingerprint density at radius 1 is 1.33 bits per heavy atom. The number of hydrogen-bond acceptors (Lipinski definition) is 4. The zero-order chi connectivity index (χ0) is 10.7. The molecule has 0 radical (unpaired) electrons. The first kappa shape index (κ1) is 10.1. The first-order valence-electron chi connectivity index (χ1n) is 4.83. The number of hydrogen-bond donors (Lipinski definition) is 1. The van der Waals surface area contributed by atoms with Crippen LogP contribution in [0.2, 0.25) is 0 Å². The summed E-state index contributed by atoms with van der Waals surface area (Å²) in [4.78, 5) is 0. The summed E-state index contributed by atoms with van der Waals surface area (Å²) in [5.74, 6) is 0. The Labute approximate surface area is 93.3 Å². The highest BCUT2D eigenvalue weighted by molar-refractivity contribution is 7.03. The summed E-state index contributed by atoms with van der Waals surface area (Å²) in [6.45, 7) is 4.97. The molecule has 1 heterocycles. The third-order valence-electron chi connectivity index (χ3n) is 2.47. The highest BCUT2D eigenvalue weighted by Gasteiger charge is 2.01. The van der Waals surface area contributed by atoms with Crippen LogP contribution in [0.3, 0.4) is 0 Å². The first-order chi connectivity index (χ1) is 7.27. The first-order valence-corrected chi connectivity index (χ1v) is 5.67. The Morgan fingerprint density at radius 2 is 2.20 bits per heavy atom. The van der Waals surface area contributed by atoms with Crippen molar-refractivity contribution in [2.45, 2.75) is 20.4 Å². The third-order valence-corrected chi connectivity index (χ3v) is 3.02. The van der Waals surface area contributed by atoms with Gasteiger partial charge in [-0.2, -0.15) is 0 Å². The number of rotatable bonds is 3. The quantitative estimate of drug-likeness (QED) is 0.862. The molecule has 2 rings (SSSR count). The van der Waals surface area contributed by atoms with E-state index in [1.807, 2.05) is 5.38 Å². The second-order valence-corrected chi connectivity index (χ2v) is 4.11. The van der Waals surface area contributed by atoms with E-state index < -0.39 is 0 Å². The van der Waals surface area contributed by atoms with Gasteiger partial charge in [0.05, 0.1) is 12.2 Å². The zero-order valence-electron chi connectivity index (χ0n) is 8.82. The number of anilines is 1. The lowest BCUT2D eigenvalue weighted by atomic mass is 10.1. The molecular weight excluding hydrogens is 206 g/mol. The van der Waals surface area contributed by atoms with Crippen LogP contribution in [0.1, 0.15) is 16.8 Å². The summed E-state index contributed by atoms with van der Waals surface area (Å²) in [6.07, 6.45) is 0. The highest BCUT2D eigenvalue weighted by atomic mass is 32.1. The lowest BCUT2D eigenvalue weighted by molar-refractivity contribution is 0.996. The van der Waals surface area contributed by atoms with Gasteiger partial charge in [0.2, 0.25) is 0 Å². The molecule has 4 heteroatoms. The van der Waals surface area contributed by atoms with Crippen molar-refractivity contribution in [1.29, 1.82) is 0 Å². The second-order valence-electron chi connectivity index (χ2n) is 3.50. The number of aromatic nitrogens is 2. The van der Waals surface area contributed by atoms with Crippen LogP contribution >= 0.6 is 11.5 Å². The lowest BCUT2D eigenvalue weighted by Crippen LogP contribution is -2.02. The Kier molecular flexibility index (Phi) is 2.97. The van der Waals surface area contributed by atoms with Gasteiger partial charge in [0.1, 0.15) is 0 Å². The van der Waals surface area contributed by atoms with Crippen LogP contribution in [-0.4, -0.2) is 9.59 Å². The van der Waals surface area contributed by atoms with E-state index in [0.29, 0.717) is 0 Å². The van der Waals surface area contributed by atoms with Gasteiger partial charge < -0.3 is 5.32 Å². The van der Waals surface area contributed by atoms with E-state index in [0.717, 1.165) is 12.2 Å². The fraction of sp³-hybridized carbons (Fsp3) is 0.273. The third kappa shape index (κ3) is 2.33. The zero-order valence-corrected chi connectivity index (χ0v) is 9.64. The Bertz CT molecular complexity index is 437. The van der Waals surface area contributed by atoms with E-state index in [9.17, 15) is 0 Å². The van der Waals surface area contributed by atoms with Crippen LogP contribution < -0.4 is 5.32 Å². The van der Waals surface area contributed by atoms with Crippen molar-refractivity contribution in [2.75, 3.05) is 5.32 Å². The smallest absolute Gasteiger partial charge is 0.0946 e. The largest absolute Gasteiger partial charge is 0.379 e. The minimum absolute atomic E-state index is 0.737. The normalized spacial score (nSPS) is 10.3. The molecule has 1 aromatic heterocycles. The van der Waals surface area contributed by atoms with Gasteiger partial charge in [-0.25, -0.2) is 0 Å². The molecule has 78 valence electrons. The van der Waals surface area contributed by atoms with Crippen molar-refractivity contribution in [2.24, 2.45) is 0 Å². The van der Waals surface area contributed by atoms with Crippen molar-refractivity contribution in [3.05, 3.63) is 40.4 Å². The second kappa shape index (κ2) is 4.40. The Morgan fingerprint density at radius 3 is 2.93 bits per heavy atom. The van der Waals surface area contributed by atoms with Gasteiger partial charge in [-0.15, -0.1) is 5.10 Å². The Hall–Kier alpha value is -1.42. The standard InChI is InChI=1S/C11H13N3S/c1-8-4-3-5-11(9(8)2)12-6-10-7-15-14-13-10/h3-5,7,12H,6H2,1-2H3. The van der Waals surface area contributed by atoms with Gasteiger partial charge >= 0.3 is 0 Å². The average molecular weight is 219 g/mol. The van der Waals surface area contributed by atoms with Gasteiger partial charge in [-0.05, 0) is 42.6 Å². The average Bonchev–Trinajstić information content (AvgIpc) is 2.73. The van der Waals surface area contributed by atoms with Gasteiger partial charge in [-0.3, -0.25) is 0 Å².